The number of aromatic nitrogens is 2. The van der Waals surface area contributed by atoms with Gasteiger partial charge in [0, 0.05) is 25.2 Å². The second kappa shape index (κ2) is 7.77. The predicted molar refractivity (Wildman–Crippen MR) is 94.4 cm³/mol. The normalized spacial score (nSPS) is 12.0. The van der Waals surface area contributed by atoms with E-state index in [1.807, 2.05) is 0 Å². The van der Waals surface area contributed by atoms with Gasteiger partial charge in [-0.05, 0) is 18.6 Å². The van der Waals surface area contributed by atoms with Crippen molar-refractivity contribution in [2.45, 2.75) is 26.1 Å². The highest BCUT2D eigenvalue weighted by atomic mass is 35.5. The first-order valence-corrected chi connectivity index (χ1v) is 8.91. The van der Waals surface area contributed by atoms with Crippen LogP contribution in [-0.4, -0.2) is 30.2 Å². The summed E-state index contributed by atoms with van der Waals surface area (Å²) in [5.74, 6) is -1.33. The van der Waals surface area contributed by atoms with Gasteiger partial charge >= 0.3 is 0 Å². The van der Waals surface area contributed by atoms with Crippen LogP contribution < -0.4 is 10.9 Å². The van der Waals surface area contributed by atoms with Gasteiger partial charge < -0.3 is 15.0 Å². The van der Waals surface area contributed by atoms with E-state index in [2.05, 4.69) is 10.4 Å². The SMILES string of the molecule is CCn1[nH]cc(C(=O)c2ccc(CS(=O)O)c(NC(C)=O)c2Cl)c1=O. The zero-order chi connectivity index (χ0) is 18.7. The summed E-state index contributed by atoms with van der Waals surface area (Å²) in [7, 11) is 0. The van der Waals surface area contributed by atoms with Crippen molar-refractivity contribution >= 4 is 40.1 Å². The Morgan fingerprint density at radius 3 is 2.56 bits per heavy atom. The van der Waals surface area contributed by atoms with E-state index < -0.39 is 28.3 Å². The van der Waals surface area contributed by atoms with Gasteiger partial charge in [0.1, 0.15) is 5.56 Å². The van der Waals surface area contributed by atoms with E-state index in [-0.39, 0.29) is 27.6 Å². The van der Waals surface area contributed by atoms with Crippen molar-refractivity contribution in [2.24, 2.45) is 0 Å². The van der Waals surface area contributed by atoms with E-state index in [0.717, 1.165) is 0 Å². The number of anilines is 1. The Balaban J connectivity index is 2.56. The minimum Gasteiger partial charge on any atom is -0.325 e. The molecule has 1 amide bonds. The fourth-order valence-electron chi connectivity index (χ4n) is 2.31. The lowest BCUT2D eigenvalue weighted by molar-refractivity contribution is -0.114. The molecule has 2 aromatic rings. The molecule has 0 saturated carbocycles. The van der Waals surface area contributed by atoms with Crippen LogP contribution in [0.15, 0.2) is 23.1 Å². The van der Waals surface area contributed by atoms with Gasteiger partial charge in [-0.3, -0.25) is 19.1 Å². The number of amides is 1. The predicted octanol–water partition coefficient (Wildman–Crippen LogP) is 1.76. The maximum absolute atomic E-state index is 12.6. The highest BCUT2D eigenvalue weighted by Gasteiger charge is 2.22. The summed E-state index contributed by atoms with van der Waals surface area (Å²) < 4.78 is 21.4. The molecule has 0 aliphatic heterocycles. The summed E-state index contributed by atoms with van der Waals surface area (Å²) in [5.41, 5.74) is -0.176. The minimum absolute atomic E-state index is 0.0113. The number of rotatable bonds is 6. The third kappa shape index (κ3) is 4.06. The lowest BCUT2D eigenvalue weighted by Crippen LogP contribution is -2.21. The number of hydrogen-bond donors (Lipinski definition) is 3. The van der Waals surface area contributed by atoms with Gasteiger partial charge in [-0.25, -0.2) is 4.21 Å². The van der Waals surface area contributed by atoms with Crippen LogP contribution in [0.3, 0.4) is 0 Å². The molecule has 134 valence electrons. The maximum Gasteiger partial charge on any atom is 0.277 e. The number of carbonyl (C=O) groups excluding carboxylic acids is 2. The molecule has 0 saturated heterocycles. The summed E-state index contributed by atoms with van der Waals surface area (Å²) in [6.45, 7) is 3.37. The van der Waals surface area contributed by atoms with Gasteiger partial charge in [0.15, 0.2) is 11.1 Å². The van der Waals surface area contributed by atoms with Crippen molar-refractivity contribution in [3.63, 3.8) is 0 Å². The molecule has 1 unspecified atom stereocenters. The highest BCUT2D eigenvalue weighted by Crippen LogP contribution is 2.32. The van der Waals surface area contributed by atoms with Gasteiger partial charge in [-0.2, -0.15) is 0 Å². The molecule has 0 fully saturated rings. The van der Waals surface area contributed by atoms with Crippen LogP contribution in [0.1, 0.15) is 35.3 Å². The fourth-order valence-corrected chi connectivity index (χ4v) is 3.13. The Kier molecular flexibility index (Phi) is 5.93. The quantitative estimate of drug-likeness (QED) is 0.516. The first-order chi connectivity index (χ1) is 11.8. The van der Waals surface area contributed by atoms with Crippen LogP contribution in [0.25, 0.3) is 0 Å². The van der Waals surface area contributed by atoms with Crippen molar-refractivity contribution in [3.8, 4) is 0 Å². The van der Waals surface area contributed by atoms with Gasteiger partial charge in [0.25, 0.3) is 5.56 Å². The number of H-pyrrole nitrogens is 1. The van der Waals surface area contributed by atoms with Crippen LogP contribution in [-0.2, 0) is 28.2 Å². The molecular weight excluding hydrogens is 370 g/mol. The summed E-state index contributed by atoms with van der Waals surface area (Å²) in [4.78, 5) is 36.2. The van der Waals surface area contributed by atoms with E-state index in [1.165, 1.54) is 29.9 Å². The van der Waals surface area contributed by atoms with Gasteiger partial charge in [-0.1, -0.05) is 17.7 Å². The smallest absolute Gasteiger partial charge is 0.277 e. The zero-order valence-corrected chi connectivity index (χ0v) is 15.0. The molecular formula is C15H16ClN3O5S. The Bertz CT molecular complexity index is 918. The number of halogens is 1. The molecule has 10 heteroatoms. The number of nitrogens with one attached hydrogen (secondary N) is 2. The third-order valence-electron chi connectivity index (χ3n) is 3.45. The zero-order valence-electron chi connectivity index (χ0n) is 13.5. The average Bonchev–Trinajstić information content (AvgIpc) is 2.90. The van der Waals surface area contributed by atoms with E-state index >= 15 is 0 Å². The van der Waals surface area contributed by atoms with E-state index in [4.69, 9.17) is 16.2 Å². The second-order valence-corrected chi connectivity index (χ2v) is 6.48. The van der Waals surface area contributed by atoms with Crippen molar-refractivity contribution in [1.29, 1.82) is 0 Å². The number of aromatic amines is 1. The summed E-state index contributed by atoms with van der Waals surface area (Å²) in [6.07, 6.45) is 1.29. The number of benzene rings is 1. The minimum atomic E-state index is -2.16. The third-order valence-corrected chi connectivity index (χ3v) is 4.40. The first kappa shape index (κ1) is 19.1. The number of hydrogen-bond acceptors (Lipinski definition) is 4. The molecule has 0 bridgehead atoms. The Morgan fingerprint density at radius 1 is 1.36 bits per heavy atom. The molecule has 1 aromatic carbocycles. The Morgan fingerprint density at radius 2 is 2.04 bits per heavy atom. The van der Waals surface area contributed by atoms with Crippen molar-refractivity contribution in [1.82, 2.24) is 9.78 Å². The molecule has 0 radical (unpaired) electrons. The monoisotopic (exact) mass is 385 g/mol. The molecule has 3 N–H and O–H groups in total. The number of carbonyl (C=O) groups is 2. The molecule has 25 heavy (non-hydrogen) atoms. The average molecular weight is 386 g/mol. The lowest BCUT2D eigenvalue weighted by atomic mass is 10.0. The van der Waals surface area contributed by atoms with Crippen molar-refractivity contribution in [2.75, 3.05) is 5.32 Å². The topological polar surface area (TPSA) is 121 Å². The second-order valence-electron chi connectivity index (χ2n) is 5.17. The Hall–Kier alpha value is -2.23. The molecule has 0 spiro atoms. The Labute approximate surface area is 150 Å². The largest absolute Gasteiger partial charge is 0.325 e. The summed E-state index contributed by atoms with van der Waals surface area (Å²) in [6, 6.07) is 2.78. The van der Waals surface area contributed by atoms with Gasteiger partial charge in [0.2, 0.25) is 11.7 Å². The molecule has 1 aromatic heterocycles. The van der Waals surface area contributed by atoms with E-state index in [0.29, 0.717) is 12.1 Å². The summed E-state index contributed by atoms with van der Waals surface area (Å²) >= 11 is 4.09. The lowest BCUT2D eigenvalue weighted by Gasteiger charge is -2.13. The van der Waals surface area contributed by atoms with Crippen LogP contribution in [0.5, 0.6) is 0 Å². The van der Waals surface area contributed by atoms with Gasteiger partial charge in [-0.15, -0.1) is 0 Å². The molecule has 0 aliphatic rings. The van der Waals surface area contributed by atoms with Gasteiger partial charge in [0.05, 0.1) is 16.5 Å². The summed E-state index contributed by atoms with van der Waals surface area (Å²) in [5, 5.41) is 5.05. The molecule has 0 aliphatic carbocycles. The molecule has 2 rings (SSSR count). The first-order valence-electron chi connectivity index (χ1n) is 7.25. The van der Waals surface area contributed by atoms with Crippen LogP contribution in [0.4, 0.5) is 5.69 Å². The van der Waals surface area contributed by atoms with Crippen molar-refractivity contribution in [3.05, 3.63) is 50.4 Å². The molecule has 1 heterocycles. The van der Waals surface area contributed by atoms with E-state index in [1.54, 1.807) is 6.92 Å². The highest BCUT2D eigenvalue weighted by molar-refractivity contribution is 7.78. The number of aryl methyl sites for hydroxylation is 1. The van der Waals surface area contributed by atoms with Crippen LogP contribution in [0, 0.1) is 0 Å². The molecule has 1 atom stereocenters. The van der Waals surface area contributed by atoms with E-state index in [9.17, 15) is 18.6 Å². The van der Waals surface area contributed by atoms with Crippen molar-refractivity contribution < 1.29 is 18.4 Å². The maximum atomic E-state index is 12.6. The standard InChI is InChI=1S/C15H16ClN3O5S/c1-3-19-15(22)11(6-17-19)14(21)10-5-4-9(7-25(23)24)13(12(10)16)18-8(2)20/h4-6,17H,3,7H2,1-2H3,(H,18,20)(H,23,24). The number of ketones is 1. The van der Waals surface area contributed by atoms with Crippen LogP contribution >= 0.6 is 11.6 Å². The fraction of sp³-hybridized carbons (Fsp3) is 0.267. The molecule has 8 nitrogen and oxygen atoms in total. The van der Waals surface area contributed by atoms with Crippen LogP contribution in [0.2, 0.25) is 5.02 Å². The number of nitrogens with zero attached hydrogens (tertiary/aromatic N) is 1.